The van der Waals surface area contributed by atoms with E-state index in [0.29, 0.717) is 16.8 Å². The van der Waals surface area contributed by atoms with Gasteiger partial charge in [-0.05, 0) is 36.6 Å². The number of aromatic nitrogens is 4. The van der Waals surface area contributed by atoms with Crippen LogP contribution in [0.5, 0.6) is 0 Å². The fourth-order valence-corrected chi connectivity index (χ4v) is 2.42. The lowest BCUT2D eigenvalue weighted by molar-refractivity contribution is 0.630. The molecule has 2 heterocycles. The molecule has 1 aromatic carbocycles. The van der Waals surface area contributed by atoms with Gasteiger partial charge in [0.05, 0.1) is 16.8 Å². The zero-order valence-corrected chi connectivity index (χ0v) is 12.1. The zero-order valence-electron chi connectivity index (χ0n) is 11.4. The van der Waals surface area contributed by atoms with E-state index in [4.69, 9.17) is 17.3 Å². The van der Waals surface area contributed by atoms with Crippen LogP contribution in [0.1, 0.15) is 19.5 Å². The highest BCUT2D eigenvalue weighted by Gasteiger charge is 2.18. The predicted molar refractivity (Wildman–Crippen MR) is 81.2 cm³/mol. The van der Waals surface area contributed by atoms with Crippen LogP contribution in [0.2, 0.25) is 5.02 Å². The first-order valence-corrected chi connectivity index (χ1v) is 6.91. The van der Waals surface area contributed by atoms with Crippen LogP contribution in [0.4, 0.5) is 5.82 Å². The Morgan fingerprint density at radius 3 is 2.65 bits per heavy atom. The number of H-pyrrole nitrogens is 1. The van der Waals surface area contributed by atoms with Gasteiger partial charge in [0.2, 0.25) is 0 Å². The molecule has 3 N–H and O–H groups in total. The van der Waals surface area contributed by atoms with Gasteiger partial charge in [-0.2, -0.15) is 10.2 Å². The molecule has 0 aliphatic heterocycles. The molecule has 3 aromatic rings. The van der Waals surface area contributed by atoms with Gasteiger partial charge in [-0.1, -0.05) is 25.4 Å². The molecular weight excluding hydrogens is 274 g/mol. The summed E-state index contributed by atoms with van der Waals surface area (Å²) in [5.41, 5.74) is 8.61. The molecule has 0 atom stereocenters. The van der Waals surface area contributed by atoms with Crippen molar-refractivity contribution in [2.45, 2.75) is 20.3 Å². The minimum absolute atomic E-state index is 0.501. The van der Waals surface area contributed by atoms with E-state index in [2.05, 4.69) is 29.1 Å². The summed E-state index contributed by atoms with van der Waals surface area (Å²) in [6.07, 6.45) is 0.862. The van der Waals surface area contributed by atoms with E-state index in [-0.39, 0.29) is 0 Å². The molecule has 0 aliphatic rings. The topological polar surface area (TPSA) is 72.5 Å². The maximum atomic E-state index is 5.98. The minimum atomic E-state index is 0.501. The van der Waals surface area contributed by atoms with E-state index < -0.39 is 0 Å². The van der Waals surface area contributed by atoms with Crippen LogP contribution < -0.4 is 5.73 Å². The number of nitrogens with zero attached hydrogens (tertiary/aromatic N) is 3. The van der Waals surface area contributed by atoms with Crippen LogP contribution in [-0.2, 0) is 6.42 Å². The standard InChI is InChI=1S/C14H16ClN5/c1-8(2)7-11-12-13(16)17-18-14(12)20(19-11)10-5-3-9(15)4-6-10/h3-6,8H,7H2,1-2H3,(H3,16,17,18). The molecule has 0 unspecified atom stereocenters. The van der Waals surface area contributed by atoms with Crippen LogP contribution in [0.25, 0.3) is 16.7 Å². The number of hydrogen-bond donors (Lipinski definition) is 2. The van der Waals surface area contributed by atoms with E-state index in [1.54, 1.807) is 4.68 Å². The van der Waals surface area contributed by atoms with Gasteiger partial charge in [-0.3, -0.25) is 5.10 Å². The number of nitrogens with one attached hydrogen (secondary N) is 1. The Balaban J connectivity index is 2.18. The monoisotopic (exact) mass is 289 g/mol. The fourth-order valence-electron chi connectivity index (χ4n) is 2.29. The normalized spacial score (nSPS) is 11.6. The van der Waals surface area contributed by atoms with Gasteiger partial charge in [-0.25, -0.2) is 4.68 Å². The number of anilines is 1. The zero-order chi connectivity index (χ0) is 14.3. The summed E-state index contributed by atoms with van der Waals surface area (Å²) in [4.78, 5) is 0. The van der Waals surface area contributed by atoms with E-state index in [1.165, 1.54) is 0 Å². The highest BCUT2D eigenvalue weighted by molar-refractivity contribution is 6.30. The van der Waals surface area contributed by atoms with Gasteiger partial charge in [-0.15, -0.1) is 0 Å². The van der Waals surface area contributed by atoms with Gasteiger partial charge >= 0.3 is 0 Å². The summed E-state index contributed by atoms with van der Waals surface area (Å²) in [5, 5.41) is 13.4. The second-order valence-electron chi connectivity index (χ2n) is 5.27. The highest BCUT2D eigenvalue weighted by atomic mass is 35.5. The number of fused-ring (bicyclic) bond motifs is 1. The molecule has 2 aromatic heterocycles. The lowest BCUT2D eigenvalue weighted by atomic mass is 10.1. The first-order valence-electron chi connectivity index (χ1n) is 6.53. The van der Waals surface area contributed by atoms with E-state index >= 15 is 0 Å². The average Bonchev–Trinajstić information content (AvgIpc) is 2.93. The molecule has 104 valence electrons. The molecule has 0 bridgehead atoms. The number of halogens is 1. The lowest BCUT2D eigenvalue weighted by Gasteiger charge is -2.03. The Kier molecular flexibility index (Phi) is 3.14. The number of aromatic amines is 1. The summed E-state index contributed by atoms with van der Waals surface area (Å²) < 4.78 is 1.80. The van der Waals surface area contributed by atoms with Crippen molar-refractivity contribution in [1.82, 2.24) is 20.0 Å². The first kappa shape index (κ1) is 13.0. The average molecular weight is 290 g/mol. The maximum absolute atomic E-state index is 5.98. The molecule has 0 fully saturated rings. The molecule has 0 aliphatic carbocycles. The third kappa shape index (κ3) is 2.14. The molecule has 6 heteroatoms. The van der Waals surface area contributed by atoms with Crippen molar-refractivity contribution in [1.29, 1.82) is 0 Å². The van der Waals surface area contributed by atoms with Crippen molar-refractivity contribution < 1.29 is 0 Å². The van der Waals surface area contributed by atoms with Gasteiger partial charge in [0, 0.05) is 5.02 Å². The highest BCUT2D eigenvalue weighted by Crippen LogP contribution is 2.27. The van der Waals surface area contributed by atoms with Crippen molar-refractivity contribution in [3.63, 3.8) is 0 Å². The Morgan fingerprint density at radius 1 is 1.30 bits per heavy atom. The van der Waals surface area contributed by atoms with Crippen molar-refractivity contribution in [2.24, 2.45) is 5.92 Å². The van der Waals surface area contributed by atoms with Gasteiger partial charge in [0.1, 0.15) is 5.82 Å². The van der Waals surface area contributed by atoms with E-state index in [9.17, 15) is 0 Å². The van der Waals surface area contributed by atoms with Crippen molar-refractivity contribution >= 4 is 28.5 Å². The number of rotatable bonds is 3. The number of benzene rings is 1. The lowest BCUT2D eigenvalue weighted by Crippen LogP contribution is -2.01. The Bertz CT molecular complexity index is 739. The molecule has 5 nitrogen and oxygen atoms in total. The van der Waals surface area contributed by atoms with Crippen LogP contribution in [-0.4, -0.2) is 20.0 Å². The van der Waals surface area contributed by atoms with E-state index in [0.717, 1.165) is 28.8 Å². The molecular formula is C14H16ClN5. The van der Waals surface area contributed by atoms with Gasteiger partial charge < -0.3 is 5.73 Å². The fraction of sp³-hybridized carbons (Fsp3) is 0.286. The number of hydrogen-bond acceptors (Lipinski definition) is 3. The van der Waals surface area contributed by atoms with E-state index in [1.807, 2.05) is 24.3 Å². The molecule has 3 rings (SSSR count). The second kappa shape index (κ2) is 4.83. The van der Waals surface area contributed by atoms with Crippen LogP contribution in [0.3, 0.4) is 0 Å². The largest absolute Gasteiger partial charge is 0.383 e. The summed E-state index contributed by atoms with van der Waals surface area (Å²) in [5.74, 6) is 1.07. The first-order chi connectivity index (χ1) is 9.56. The molecule has 0 radical (unpaired) electrons. The molecule has 20 heavy (non-hydrogen) atoms. The quantitative estimate of drug-likeness (QED) is 0.778. The number of nitrogen functional groups attached to an aromatic ring is 1. The second-order valence-corrected chi connectivity index (χ2v) is 5.71. The van der Waals surface area contributed by atoms with Crippen molar-refractivity contribution in [3.05, 3.63) is 35.0 Å². The summed E-state index contributed by atoms with van der Waals surface area (Å²) in [6, 6.07) is 7.50. The van der Waals surface area contributed by atoms with Crippen LogP contribution in [0, 0.1) is 5.92 Å². The maximum Gasteiger partial charge on any atom is 0.186 e. The summed E-state index contributed by atoms with van der Waals surface area (Å²) in [6.45, 7) is 4.31. The summed E-state index contributed by atoms with van der Waals surface area (Å²) in [7, 11) is 0. The molecule has 0 saturated carbocycles. The van der Waals surface area contributed by atoms with Gasteiger partial charge in [0.15, 0.2) is 5.65 Å². The third-order valence-corrected chi connectivity index (χ3v) is 3.41. The predicted octanol–water partition coefficient (Wildman–Crippen LogP) is 3.18. The molecule has 0 amide bonds. The minimum Gasteiger partial charge on any atom is -0.383 e. The van der Waals surface area contributed by atoms with Crippen molar-refractivity contribution in [3.8, 4) is 5.69 Å². The Labute approximate surface area is 121 Å². The van der Waals surface area contributed by atoms with Gasteiger partial charge in [0.25, 0.3) is 0 Å². The smallest absolute Gasteiger partial charge is 0.186 e. The third-order valence-electron chi connectivity index (χ3n) is 3.16. The molecule has 0 saturated heterocycles. The number of nitrogens with two attached hydrogens (primary N) is 1. The van der Waals surface area contributed by atoms with Crippen LogP contribution >= 0.6 is 11.6 Å². The summed E-state index contributed by atoms with van der Waals surface area (Å²) >= 11 is 5.92. The Morgan fingerprint density at radius 2 is 2.00 bits per heavy atom. The van der Waals surface area contributed by atoms with Crippen LogP contribution in [0.15, 0.2) is 24.3 Å². The van der Waals surface area contributed by atoms with Crippen molar-refractivity contribution in [2.75, 3.05) is 5.73 Å². The SMILES string of the molecule is CC(C)Cc1nn(-c2ccc(Cl)cc2)c2n[nH]c(N)c12. The molecule has 0 spiro atoms. The Hall–Kier alpha value is -2.01.